The Balaban J connectivity index is 1.17. The van der Waals surface area contributed by atoms with Gasteiger partial charge in [-0.25, -0.2) is 0 Å². The van der Waals surface area contributed by atoms with Gasteiger partial charge in [0, 0.05) is 36.5 Å². The summed E-state index contributed by atoms with van der Waals surface area (Å²) in [4.78, 5) is 28.8. The number of benzene rings is 3. The van der Waals surface area contributed by atoms with Crippen molar-refractivity contribution in [2.24, 2.45) is 5.41 Å². The van der Waals surface area contributed by atoms with E-state index in [9.17, 15) is 9.59 Å². The average Bonchev–Trinajstić information content (AvgIpc) is 3.39. The standard InChI is InChI=1S/C35H39ClN4O3/c36-28-16-14-26(15-17-28)24-40-33(29-10-2-3-11-30(29)38-40)34(42)39-21-19-35(20-22-39)18-6-5-9-27-8-1-4-12-31(27)43-23-7-13-32(41)37-25-35/h1-4,8,10-12,14-17H,5-7,9,13,18-25H2,(H,37,41). The lowest BCUT2D eigenvalue weighted by Crippen LogP contribution is -2.48. The number of hydrogen-bond acceptors (Lipinski definition) is 4. The van der Waals surface area contributed by atoms with Crippen molar-refractivity contribution in [3.8, 4) is 5.75 Å². The maximum atomic E-state index is 14.1. The Morgan fingerprint density at radius 2 is 1.67 bits per heavy atom. The minimum absolute atomic E-state index is 0.0130. The van der Waals surface area contributed by atoms with E-state index >= 15 is 0 Å². The number of hydrogen-bond donors (Lipinski definition) is 1. The number of nitrogens with one attached hydrogen (secondary N) is 1. The number of likely N-dealkylation sites (tertiary alicyclic amines) is 1. The molecule has 3 heterocycles. The number of amides is 2. The molecule has 3 aromatic carbocycles. The zero-order valence-corrected chi connectivity index (χ0v) is 25.3. The predicted octanol–water partition coefficient (Wildman–Crippen LogP) is 6.66. The summed E-state index contributed by atoms with van der Waals surface area (Å²) in [6.07, 6.45) is 7.00. The van der Waals surface area contributed by atoms with E-state index in [1.54, 1.807) is 0 Å². The van der Waals surface area contributed by atoms with Crippen molar-refractivity contribution in [3.05, 3.63) is 94.6 Å². The maximum Gasteiger partial charge on any atom is 0.272 e. The zero-order valence-electron chi connectivity index (χ0n) is 24.6. The van der Waals surface area contributed by atoms with Gasteiger partial charge >= 0.3 is 0 Å². The number of carbonyl (C=O) groups excluding carboxylic acids is 2. The highest BCUT2D eigenvalue weighted by Crippen LogP contribution is 2.37. The molecular weight excluding hydrogens is 560 g/mol. The molecular formula is C35H39ClN4O3. The third kappa shape index (κ3) is 6.88. The smallest absolute Gasteiger partial charge is 0.272 e. The van der Waals surface area contributed by atoms with Crippen LogP contribution in [0.2, 0.25) is 5.02 Å². The lowest BCUT2D eigenvalue weighted by molar-refractivity contribution is -0.122. The van der Waals surface area contributed by atoms with Crippen molar-refractivity contribution in [3.63, 3.8) is 0 Å². The Hall–Kier alpha value is -3.84. The van der Waals surface area contributed by atoms with E-state index in [0.717, 1.165) is 60.7 Å². The van der Waals surface area contributed by atoms with Crippen molar-refractivity contribution < 1.29 is 14.3 Å². The lowest BCUT2D eigenvalue weighted by Gasteiger charge is -2.42. The third-order valence-corrected chi connectivity index (χ3v) is 9.30. The normalized spacial score (nSPS) is 18.0. The molecule has 43 heavy (non-hydrogen) atoms. The molecule has 1 saturated heterocycles. The number of ether oxygens (including phenoxy) is 1. The van der Waals surface area contributed by atoms with Gasteiger partial charge in [0.05, 0.1) is 18.7 Å². The monoisotopic (exact) mass is 598 g/mol. The Labute approximate surface area is 258 Å². The van der Waals surface area contributed by atoms with Gasteiger partial charge in [0.1, 0.15) is 11.4 Å². The van der Waals surface area contributed by atoms with Crippen molar-refractivity contribution >= 4 is 34.3 Å². The minimum atomic E-state index is -0.0157. The fourth-order valence-electron chi connectivity index (χ4n) is 6.49. The second-order valence-corrected chi connectivity index (χ2v) is 12.4. The number of piperidine rings is 1. The van der Waals surface area contributed by atoms with Crippen LogP contribution < -0.4 is 10.1 Å². The molecule has 6 rings (SSSR count). The van der Waals surface area contributed by atoms with E-state index in [2.05, 4.69) is 17.4 Å². The van der Waals surface area contributed by atoms with Crippen LogP contribution in [0.5, 0.6) is 5.75 Å². The largest absolute Gasteiger partial charge is 0.493 e. The van der Waals surface area contributed by atoms with E-state index in [1.807, 2.05) is 70.2 Å². The molecule has 8 heteroatoms. The van der Waals surface area contributed by atoms with Crippen LogP contribution in [-0.2, 0) is 17.8 Å². The van der Waals surface area contributed by atoms with Crippen LogP contribution in [0, 0.1) is 5.41 Å². The van der Waals surface area contributed by atoms with Crippen molar-refractivity contribution in [2.75, 3.05) is 26.2 Å². The molecule has 1 fully saturated rings. The molecule has 224 valence electrons. The molecule has 2 aliphatic rings. The summed E-state index contributed by atoms with van der Waals surface area (Å²) < 4.78 is 7.84. The van der Waals surface area contributed by atoms with Gasteiger partial charge in [0.25, 0.3) is 5.91 Å². The number of para-hydroxylation sites is 1. The molecule has 0 unspecified atom stereocenters. The number of aromatic nitrogens is 2. The van der Waals surface area contributed by atoms with Gasteiger partial charge in [-0.05, 0) is 79.3 Å². The van der Waals surface area contributed by atoms with Crippen LogP contribution in [-0.4, -0.2) is 52.7 Å². The molecule has 2 aliphatic heterocycles. The topological polar surface area (TPSA) is 76.5 Å². The van der Waals surface area contributed by atoms with Crippen LogP contribution in [0.15, 0.2) is 72.8 Å². The molecule has 1 aromatic heterocycles. The first-order valence-electron chi connectivity index (χ1n) is 15.5. The fourth-order valence-corrected chi connectivity index (χ4v) is 6.61. The number of fused-ring (bicyclic) bond motifs is 2. The Bertz CT molecular complexity index is 1570. The summed E-state index contributed by atoms with van der Waals surface area (Å²) in [7, 11) is 0. The van der Waals surface area contributed by atoms with Crippen LogP contribution in [0.3, 0.4) is 0 Å². The second kappa shape index (κ2) is 13.2. The molecule has 1 N–H and O–H groups in total. The number of rotatable bonds is 3. The molecule has 0 radical (unpaired) electrons. The van der Waals surface area contributed by atoms with Gasteiger partial charge in [-0.15, -0.1) is 0 Å². The van der Waals surface area contributed by atoms with Crippen LogP contribution in [0.4, 0.5) is 0 Å². The molecule has 0 aliphatic carbocycles. The molecule has 0 saturated carbocycles. The van der Waals surface area contributed by atoms with Crippen molar-refractivity contribution in [1.82, 2.24) is 20.0 Å². The molecule has 1 spiro atoms. The molecule has 7 nitrogen and oxygen atoms in total. The summed E-state index contributed by atoms with van der Waals surface area (Å²) in [5.41, 5.74) is 3.70. The second-order valence-electron chi connectivity index (χ2n) is 12.0. The highest BCUT2D eigenvalue weighted by molar-refractivity contribution is 6.30. The van der Waals surface area contributed by atoms with E-state index in [-0.39, 0.29) is 17.2 Å². The van der Waals surface area contributed by atoms with E-state index < -0.39 is 0 Å². The summed E-state index contributed by atoms with van der Waals surface area (Å²) in [6.45, 7) is 3.00. The maximum absolute atomic E-state index is 14.1. The van der Waals surface area contributed by atoms with Crippen LogP contribution >= 0.6 is 11.6 Å². The first-order chi connectivity index (χ1) is 21.0. The Morgan fingerprint density at radius 3 is 2.51 bits per heavy atom. The number of carbonyl (C=O) groups is 2. The zero-order chi connectivity index (χ0) is 29.6. The summed E-state index contributed by atoms with van der Waals surface area (Å²) >= 11 is 6.11. The van der Waals surface area contributed by atoms with E-state index in [1.165, 1.54) is 5.56 Å². The summed E-state index contributed by atoms with van der Waals surface area (Å²) in [5, 5.41) is 9.59. The minimum Gasteiger partial charge on any atom is -0.493 e. The Kier molecular flexibility index (Phi) is 8.98. The number of aryl methyl sites for hydroxylation is 1. The van der Waals surface area contributed by atoms with Crippen LogP contribution in [0.25, 0.3) is 10.9 Å². The molecule has 0 atom stereocenters. The molecule has 0 bridgehead atoms. The summed E-state index contributed by atoms with van der Waals surface area (Å²) in [5.74, 6) is 1.02. The highest BCUT2D eigenvalue weighted by Gasteiger charge is 2.37. The summed E-state index contributed by atoms with van der Waals surface area (Å²) in [6, 6.07) is 23.8. The lowest BCUT2D eigenvalue weighted by atomic mass is 9.74. The highest BCUT2D eigenvalue weighted by atomic mass is 35.5. The third-order valence-electron chi connectivity index (χ3n) is 9.05. The van der Waals surface area contributed by atoms with E-state index in [4.69, 9.17) is 21.4 Å². The van der Waals surface area contributed by atoms with E-state index in [0.29, 0.717) is 56.3 Å². The first kappa shape index (κ1) is 29.2. The average molecular weight is 599 g/mol. The quantitative estimate of drug-likeness (QED) is 0.286. The number of nitrogens with zero attached hydrogens (tertiary/aromatic N) is 3. The fraction of sp³-hybridized carbons (Fsp3) is 0.400. The van der Waals surface area contributed by atoms with Crippen molar-refractivity contribution in [2.45, 2.75) is 57.9 Å². The van der Waals surface area contributed by atoms with Gasteiger partial charge < -0.3 is 15.0 Å². The SMILES string of the molecule is O=C1CCCOc2ccccc2CCCCC2(CCN(C(=O)c3c4ccccc4nn3Cc3ccc(Cl)cc3)CC2)CN1. The van der Waals surface area contributed by atoms with Gasteiger partial charge in [-0.2, -0.15) is 5.10 Å². The molecule has 2 amide bonds. The number of halogens is 1. The van der Waals surface area contributed by atoms with Gasteiger partial charge in [0.15, 0.2) is 0 Å². The van der Waals surface area contributed by atoms with Crippen LogP contribution in [0.1, 0.15) is 66.6 Å². The molecule has 4 aromatic rings. The van der Waals surface area contributed by atoms with Crippen molar-refractivity contribution in [1.29, 1.82) is 0 Å². The Morgan fingerprint density at radius 1 is 0.907 bits per heavy atom. The predicted molar refractivity (Wildman–Crippen MR) is 170 cm³/mol. The van der Waals surface area contributed by atoms with Gasteiger partial charge in [-0.3, -0.25) is 14.3 Å². The van der Waals surface area contributed by atoms with Gasteiger partial charge in [-0.1, -0.05) is 66.6 Å². The first-order valence-corrected chi connectivity index (χ1v) is 15.8. The van der Waals surface area contributed by atoms with Gasteiger partial charge in [0.2, 0.25) is 5.91 Å².